The third kappa shape index (κ3) is 3.95. The van der Waals surface area contributed by atoms with Crippen molar-refractivity contribution in [2.45, 2.75) is 26.9 Å². The smallest absolute Gasteiger partial charge is 0.146 e. The number of aryl methyl sites for hydroxylation is 2. The zero-order chi connectivity index (χ0) is 18.8. The molecule has 0 bridgehead atoms. The molecule has 142 valence electrons. The number of nitrogens with zero attached hydrogens (tertiary/aromatic N) is 5. The van der Waals surface area contributed by atoms with Crippen molar-refractivity contribution < 1.29 is 4.74 Å². The van der Waals surface area contributed by atoms with Gasteiger partial charge in [0.25, 0.3) is 0 Å². The van der Waals surface area contributed by atoms with Gasteiger partial charge in [-0.1, -0.05) is 6.07 Å². The fourth-order valence-corrected chi connectivity index (χ4v) is 4.43. The van der Waals surface area contributed by atoms with Crippen molar-refractivity contribution in [3.8, 4) is 0 Å². The molecule has 4 heterocycles. The molecule has 0 aromatic carbocycles. The number of hydrogen-bond donors (Lipinski definition) is 0. The number of pyridine rings is 1. The van der Waals surface area contributed by atoms with E-state index in [1.54, 1.807) is 11.3 Å². The Hall–Kier alpha value is -2.09. The van der Waals surface area contributed by atoms with Gasteiger partial charge in [0.1, 0.15) is 16.5 Å². The van der Waals surface area contributed by atoms with Gasteiger partial charge in [0.15, 0.2) is 0 Å². The van der Waals surface area contributed by atoms with Crippen LogP contribution < -0.4 is 4.90 Å². The van der Waals surface area contributed by atoms with Gasteiger partial charge < -0.3 is 9.64 Å². The van der Waals surface area contributed by atoms with Crippen molar-refractivity contribution >= 4 is 27.4 Å². The largest absolute Gasteiger partial charge is 0.379 e. The fraction of sp³-hybridized carbons (Fsp3) is 0.450. The van der Waals surface area contributed by atoms with Gasteiger partial charge in [0, 0.05) is 31.2 Å². The number of anilines is 1. The first-order valence-corrected chi connectivity index (χ1v) is 10.1. The van der Waals surface area contributed by atoms with E-state index in [0.717, 1.165) is 61.6 Å². The summed E-state index contributed by atoms with van der Waals surface area (Å²) in [4.78, 5) is 21.3. The van der Waals surface area contributed by atoms with E-state index in [-0.39, 0.29) is 0 Å². The lowest BCUT2D eigenvalue weighted by molar-refractivity contribution is 0.0331. The van der Waals surface area contributed by atoms with Crippen molar-refractivity contribution in [2.24, 2.45) is 0 Å². The Bertz CT molecular complexity index is 921. The standard InChI is InChI=1S/C20H25N5OS/c1-14-15(2)27-20-18(14)19(24(3)12-16-6-4-5-7-21-16)22-17(23-20)13-25-8-10-26-11-9-25/h4-7H,8-13H2,1-3H3. The molecule has 0 amide bonds. The van der Waals surface area contributed by atoms with Crippen molar-refractivity contribution in [1.82, 2.24) is 19.9 Å². The summed E-state index contributed by atoms with van der Waals surface area (Å²) in [5, 5.41) is 1.17. The topological polar surface area (TPSA) is 54.4 Å². The molecule has 0 saturated carbocycles. The van der Waals surface area contributed by atoms with E-state index in [1.807, 2.05) is 18.3 Å². The van der Waals surface area contributed by atoms with Crippen LogP contribution in [0, 0.1) is 13.8 Å². The highest BCUT2D eigenvalue weighted by molar-refractivity contribution is 7.18. The third-order valence-corrected chi connectivity index (χ3v) is 6.11. The van der Waals surface area contributed by atoms with E-state index in [9.17, 15) is 0 Å². The molecule has 0 unspecified atom stereocenters. The highest BCUT2D eigenvalue weighted by Crippen LogP contribution is 2.35. The van der Waals surface area contributed by atoms with Crippen LogP contribution in [0.4, 0.5) is 5.82 Å². The number of thiophene rings is 1. The van der Waals surface area contributed by atoms with Crippen LogP contribution in [-0.4, -0.2) is 53.2 Å². The summed E-state index contributed by atoms with van der Waals surface area (Å²) < 4.78 is 5.46. The van der Waals surface area contributed by atoms with E-state index < -0.39 is 0 Å². The van der Waals surface area contributed by atoms with E-state index in [2.05, 4.69) is 41.7 Å². The molecule has 0 atom stereocenters. The minimum Gasteiger partial charge on any atom is -0.379 e. The Kier molecular flexibility index (Phi) is 5.33. The van der Waals surface area contributed by atoms with Gasteiger partial charge in [0.2, 0.25) is 0 Å². The second kappa shape index (κ2) is 7.88. The van der Waals surface area contributed by atoms with Crippen molar-refractivity contribution in [3.63, 3.8) is 0 Å². The monoisotopic (exact) mass is 383 g/mol. The van der Waals surface area contributed by atoms with Gasteiger partial charge in [-0.2, -0.15) is 0 Å². The zero-order valence-corrected chi connectivity index (χ0v) is 16.9. The first-order valence-electron chi connectivity index (χ1n) is 9.29. The molecule has 1 aliphatic rings. The van der Waals surface area contributed by atoms with Gasteiger partial charge in [-0.15, -0.1) is 11.3 Å². The van der Waals surface area contributed by atoms with E-state index in [0.29, 0.717) is 0 Å². The van der Waals surface area contributed by atoms with Crippen LogP contribution >= 0.6 is 11.3 Å². The average Bonchev–Trinajstić information content (AvgIpc) is 2.96. The lowest BCUT2D eigenvalue weighted by Gasteiger charge is -2.26. The molecule has 0 N–H and O–H groups in total. The molecular weight excluding hydrogens is 358 g/mol. The molecule has 0 aliphatic carbocycles. The first kappa shape index (κ1) is 18.3. The zero-order valence-electron chi connectivity index (χ0n) is 16.1. The van der Waals surface area contributed by atoms with Crippen LogP contribution in [0.2, 0.25) is 0 Å². The highest BCUT2D eigenvalue weighted by Gasteiger charge is 2.19. The van der Waals surface area contributed by atoms with Gasteiger partial charge in [-0.05, 0) is 31.5 Å². The summed E-state index contributed by atoms with van der Waals surface area (Å²) in [5.41, 5.74) is 2.31. The number of fused-ring (bicyclic) bond motifs is 1. The minimum absolute atomic E-state index is 0.721. The first-order chi connectivity index (χ1) is 13.1. The Morgan fingerprint density at radius 2 is 2.00 bits per heavy atom. The maximum Gasteiger partial charge on any atom is 0.146 e. The number of aromatic nitrogens is 3. The highest BCUT2D eigenvalue weighted by atomic mass is 32.1. The molecule has 1 fully saturated rings. The molecule has 3 aromatic heterocycles. The summed E-state index contributed by atoms with van der Waals surface area (Å²) >= 11 is 1.76. The molecular formula is C20H25N5OS. The Morgan fingerprint density at radius 1 is 1.19 bits per heavy atom. The quantitative estimate of drug-likeness (QED) is 0.675. The van der Waals surface area contributed by atoms with Gasteiger partial charge >= 0.3 is 0 Å². The summed E-state index contributed by atoms with van der Waals surface area (Å²) in [6.07, 6.45) is 1.84. The fourth-order valence-electron chi connectivity index (χ4n) is 3.39. The van der Waals surface area contributed by atoms with Crippen LogP contribution in [0.15, 0.2) is 24.4 Å². The SMILES string of the molecule is Cc1sc2nc(CN3CCOCC3)nc(N(C)Cc3ccccn3)c2c1C. The van der Waals surface area contributed by atoms with Crippen molar-refractivity contribution in [2.75, 3.05) is 38.3 Å². The number of morpholine rings is 1. The van der Waals surface area contributed by atoms with E-state index in [1.165, 1.54) is 15.8 Å². The molecule has 1 saturated heterocycles. The lowest BCUT2D eigenvalue weighted by atomic mass is 10.2. The molecule has 1 aliphatic heterocycles. The molecule has 27 heavy (non-hydrogen) atoms. The van der Waals surface area contributed by atoms with Gasteiger partial charge in [0.05, 0.1) is 37.4 Å². The third-order valence-electron chi connectivity index (χ3n) is 5.01. The molecule has 7 heteroatoms. The van der Waals surface area contributed by atoms with Crippen LogP contribution in [-0.2, 0) is 17.8 Å². The van der Waals surface area contributed by atoms with E-state index >= 15 is 0 Å². The maximum absolute atomic E-state index is 5.46. The average molecular weight is 384 g/mol. The second-order valence-electron chi connectivity index (χ2n) is 6.99. The predicted octanol–water partition coefficient (Wildman–Crippen LogP) is 3.17. The molecule has 3 aromatic rings. The molecule has 6 nitrogen and oxygen atoms in total. The minimum atomic E-state index is 0.721. The molecule has 4 rings (SSSR count). The van der Waals surface area contributed by atoms with Crippen LogP contribution in [0.25, 0.3) is 10.2 Å². The molecule has 0 radical (unpaired) electrons. The summed E-state index contributed by atoms with van der Waals surface area (Å²) in [6.45, 7) is 9.24. The maximum atomic E-state index is 5.46. The van der Waals surface area contributed by atoms with Crippen LogP contribution in [0.3, 0.4) is 0 Å². The Labute approximate surface area is 163 Å². The summed E-state index contributed by atoms with van der Waals surface area (Å²) in [7, 11) is 2.08. The molecule has 0 spiro atoms. The Morgan fingerprint density at radius 3 is 2.74 bits per heavy atom. The summed E-state index contributed by atoms with van der Waals surface area (Å²) in [6, 6.07) is 6.02. The number of hydrogen-bond acceptors (Lipinski definition) is 7. The number of ether oxygens (including phenoxy) is 1. The van der Waals surface area contributed by atoms with Crippen LogP contribution in [0.1, 0.15) is 22.0 Å². The second-order valence-corrected chi connectivity index (χ2v) is 8.20. The van der Waals surface area contributed by atoms with E-state index in [4.69, 9.17) is 14.7 Å². The normalized spacial score (nSPS) is 15.4. The summed E-state index contributed by atoms with van der Waals surface area (Å²) in [5.74, 6) is 1.88. The number of rotatable bonds is 5. The van der Waals surface area contributed by atoms with Gasteiger partial charge in [-0.25, -0.2) is 9.97 Å². The predicted molar refractivity (Wildman–Crippen MR) is 109 cm³/mol. The lowest BCUT2D eigenvalue weighted by Crippen LogP contribution is -2.36. The van der Waals surface area contributed by atoms with Gasteiger partial charge in [-0.3, -0.25) is 9.88 Å². The Balaban J connectivity index is 1.69. The van der Waals surface area contributed by atoms with Crippen LogP contribution in [0.5, 0.6) is 0 Å². The van der Waals surface area contributed by atoms with Crippen molar-refractivity contribution in [3.05, 3.63) is 46.4 Å². The van der Waals surface area contributed by atoms with Crippen molar-refractivity contribution in [1.29, 1.82) is 0 Å².